The van der Waals surface area contributed by atoms with E-state index in [1.807, 2.05) is 7.05 Å². The van der Waals surface area contributed by atoms with Crippen molar-refractivity contribution in [2.24, 2.45) is 11.1 Å². The minimum Gasteiger partial charge on any atom is -0.398 e. The highest BCUT2D eigenvalue weighted by molar-refractivity contribution is 7.89. The Balaban J connectivity index is 2.23. The lowest BCUT2D eigenvalue weighted by Gasteiger charge is -2.20. The molecule has 0 aromatic heterocycles. The van der Waals surface area contributed by atoms with Crippen molar-refractivity contribution >= 4 is 21.4 Å². The Morgan fingerprint density at radius 1 is 1.41 bits per heavy atom. The van der Waals surface area contributed by atoms with Gasteiger partial charge in [-0.05, 0) is 37.0 Å². The van der Waals surface area contributed by atoms with Gasteiger partial charge < -0.3 is 10.6 Å². The minimum absolute atomic E-state index is 0.0129. The van der Waals surface area contributed by atoms with Crippen LogP contribution in [-0.2, 0) is 10.0 Å². The standard InChI is InChI=1S/C11H17N3O2S/c1-14(7-8-2-3-8)9-4-5-11(10(12)6-9)17(13,15)16/h4-6,8H,2-3,7,12H2,1H3,(H2,13,15,16). The molecule has 0 aliphatic heterocycles. The highest BCUT2D eigenvalue weighted by Crippen LogP contribution is 2.31. The molecular weight excluding hydrogens is 238 g/mol. The number of nitrogens with two attached hydrogens (primary N) is 2. The van der Waals surface area contributed by atoms with E-state index in [1.54, 1.807) is 12.1 Å². The van der Waals surface area contributed by atoms with Crippen LogP contribution in [0, 0.1) is 5.92 Å². The molecule has 0 saturated heterocycles. The van der Waals surface area contributed by atoms with Crippen molar-refractivity contribution in [3.05, 3.63) is 18.2 Å². The first-order valence-electron chi connectivity index (χ1n) is 5.51. The number of sulfonamides is 1. The summed E-state index contributed by atoms with van der Waals surface area (Å²) in [6.45, 7) is 0.980. The van der Waals surface area contributed by atoms with E-state index in [0.717, 1.165) is 18.2 Å². The molecule has 5 nitrogen and oxygen atoms in total. The number of nitrogen functional groups attached to an aromatic ring is 1. The largest absolute Gasteiger partial charge is 0.398 e. The van der Waals surface area contributed by atoms with Crippen LogP contribution in [0.2, 0.25) is 0 Å². The monoisotopic (exact) mass is 255 g/mol. The zero-order valence-electron chi connectivity index (χ0n) is 9.76. The topological polar surface area (TPSA) is 89.4 Å². The van der Waals surface area contributed by atoms with Gasteiger partial charge in [0.25, 0.3) is 0 Å². The summed E-state index contributed by atoms with van der Waals surface area (Å²) in [7, 11) is -1.75. The Morgan fingerprint density at radius 3 is 2.53 bits per heavy atom. The fraction of sp³-hybridized carbons (Fsp3) is 0.455. The van der Waals surface area contributed by atoms with Gasteiger partial charge in [0, 0.05) is 19.3 Å². The average Bonchev–Trinajstić information content (AvgIpc) is 2.99. The molecule has 0 bridgehead atoms. The van der Waals surface area contributed by atoms with Gasteiger partial charge in [0.2, 0.25) is 10.0 Å². The minimum atomic E-state index is -3.73. The second kappa shape index (κ2) is 4.19. The summed E-state index contributed by atoms with van der Waals surface area (Å²) in [5.74, 6) is 0.763. The molecule has 6 heteroatoms. The fourth-order valence-electron chi connectivity index (χ4n) is 1.83. The first-order valence-corrected chi connectivity index (χ1v) is 7.06. The van der Waals surface area contributed by atoms with Gasteiger partial charge in [-0.3, -0.25) is 0 Å². The molecule has 17 heavy (non-hydrogen) atoms. The van der Waals surface area contributed by atoms with Crippen molar-refractivity contribution in [1.82, 2.24) is 0 Å². The van der Waals surface area contributed by atoms with Gasteiger partial charge in [-0.15, -0.1) is 0 Å². The van der Waals surface area contributed by atoms with Crippen LogP contribution in [0.25, 0.3) is 0 Å². The summed E-state index contributed by atoms with van der Waals surface area (Å²) in [5.41, 5.74) is 6.83. The van der Waals surface area contributed by atoms with Gasteiger partial charge in [0.05, 0.1) is 5.69 Å². The fourth-order valence-corrected chi connectivity index (χ4v) is 2.47. The molecule has 4 N–H and O–H groups in total. The summed E-state index contributed by atoms with van der Waals surface area (Å²) < 4.78 is 22.4. The molecule has 1 saturated carbocycles. The van der Waals surface area contributed by atoms with Gasteiger partial charge in [-0.1, -0.05) is 0 Å². The molecule has 0 spiro atoms. The lowest BCUT2D eigenvalue weighted by Crippen LogP contribution is -2.21. The Bertz CT molecular complexity index is 524. The maximum absolute atomic E-state index is 11.2. The zero-order chi connectivity index (χ0) is 12.6. The number of hydrogen-bond acceptors (Lipinski definition) is 4. The van der Waals surface area contributed by atoms with Gasteiger partial charge in [-0.2, -0.15) is 0 Å². The smallest absolute Gasteiger partial charge is 0.240 e. The molecular formula is C11H17N3O2S. The number of rotatable bonds is 4. The Morgan fingerprint density at radius 2 is 2.06 bits per heavy atom. The normalized spacial score (nSPS) is 15.9. The third-order valence-corrected chi connectivity index (χ3v) is 3.95. The van der Waals surface area contributed by atoms with Gasteiger partial charge >= 0.3 is 0 Å². The number of hydrogen-bond donors (Lipinski definition) is 2. The molecule has 0 heterocycles. The molecule has 2 rings (SSSR count). The molecule has 0 radical (unpaired) electrons. The van der Waals surface area contributed by atoms with Crippen LogP contribution in [0.4, 0.5) is 11.4 Å². The predicted molar refractivity (Wildman–Crippen MR) is 68.2 cm³/mol. The lowest BCUT2D eigenvalue weighted by atomic mass is 10.2. The summed E-state index contributed by atoms with van der Waals surface area (Å²) in [5, 5.41) is 5.05. The van der Waals surface area contributed by atoms with E-state index in [-0.39, 0.29) is 10.6 Å². The van der Waals surface area contributed by atoms with Crippen molar-refractivity contribution in [3.8, 4) is 0 Å². The van der Waals surface area contributed by atoms with E-state index in [9.17, 15) is 8.42 Å². The third-order valence-electron chi connectivity index (χ3n) is 2.97. The van der Waals surface area contributed by atoms with E-state index in [1.165, 1.54) is 18.9 Å². The number of anilines is 2. The molecule has 1 aliphatic rings. The van der Waals surface area contributed by atoms with Crippen LogP contribution < -0.4 is 15.8 Å². The number of benzene rings is 1. The quantitative estimate of drug-likeness (QED) is 0.777. The Kier molecular flexibility index (Phi) is 3.01. The number of primary sulfonamides is 1. The highest BCUT2D eigenvalue weighted by atomic mass is 32.2. The van der Waals surface area contributed by atoms with Crippen molar-refractivity contribution in [2.75, 3.05) is 24.2 Å². The average molecular weight is 255 g/mol. The SMILES string of the molecule is CN(CC1CC1)c1ccc(S(N)(=O)=O)c(N)c1. The summed E-state index contributed by atoms with van der Waals surface area (Å²) in [6, 6.07) is 4.85. The molecule has 1 fully saturated rings. The molecule has 94 valence electrons. The van der Waals surface area contributed by atoms with E-state index in [2.05, 4.69) is 4.90 Å². The van der Waals surface area contributed by atoms with E-state index in [0.29, 0.717) is 0 Å². The van der Waals surface area contributed by atoms with Crippen LogP contribution in [0.5, 0.6) is 0 Å². The van der Waals surface area contributed by atoms with Crippen LogP contribution in [0.1, 0.15) is 12.8 Å². The molecule has 1 aliphatic carbocycles. The van der Waals surface area contributed by atoms with Crippen LogP contribution in [0.3, 0.4) is 0 Å². The highest BCUT2D eigenvalue weighted by Gasteiger charge is 2.23. The molecule has 0 atom stereocenters. The maximum Gasteiger partial charge on any atom is 0.240 e. The first-order chi connectivity index (χ1) is 7.88. The van der Waals surface area contributed by atoms with Crippen LogP contribution >= 0.6 is 0 Å². The van der Waals surface area contributed by atoms with Crippen molar-refractivity contribution < 1.29 is 8.42 Å². The zero-order valence-corrected chi connectivity index (χ0v) is 10.6. The first kappa shape index (κ1) is 12.2. The van der Waals surface area contributed by atoms with Gasteiger partial charge in [0.1, 0.15) is 4.90 Å². The van der Waals surface area contributed by atoms with E-state index < -0.39 is 10.0 Å². The van der Waals surface area contributed by atoms with E-state index in [4.69, 9.17) is 10.9 Å². The van der Waals surface area contributed by atoms with Crippen molar-refractivity contribution in [1.29, 1.82) is 0 Å². The lowest BCUT2D eigenvalue weighted by molar-refractivity contribution is 0.598. The molecule has 1 aromatic rings. The molecule has 0 unspecified atom stereocenters. The molecule has 0 amide bonds. The third kappa shape index (κ3) is 2.89. The Hall–Kier alpha value is -1.27. The molecule has 1 aromatic carbocycles. The van der Waals surface area contributed by atoms with Gasteiger partial charge in [0.15, 0.2) is 0 Å². The Labute approximate surface area is 101 Å². The summed E-state index contributed by atoms with van der Waals surface area (Å²) in [6.07, 6.45) is 2.55. The summed E-state index contributed by atoms with van der Waals surface area (Å²) >= 11 is 0. The maximum atomic E-state index is 11.2. The van der Waals surface area contributed by atoms with E-state index >= 15 is 0 Å². The van der Waals surface area contributed by atoms with Gasteiger partial charge in [-0.25, -0.2) is 13.6 Å². The van der Waals surface area contributed by atoms with Crippen LogP contribution in [-0.4, -0.2) is 22.0 Å². The second-order valence-corrected chi connectivity index (χ2v) is 6.12. The second-order valence-electron chi connectivity index (χ2n) is 4.59. The summed E-state index contributed by atoms with van der Waals surface area (Å²) in [4.78, 5) is 2.07. The van der Waals surface area contributed by atoms with Crippen molar-refractivity contribution in [3.63, 3.8) is 0 Å². The van der Waals surface area contributed by atoms with Crippen LogP contribution in [0.15, 0.2) is 23.1 Å². The van der Waals surface area contributed by atoms with Crippen molar-refractivity contribution in [2.45, 2.75) is 17.7 Å². The predicted octanol–water partition coefficient (Wildman–Crippen LogP) is 0.762. The number of nitrogens with zero attached hydrogens (tertiary/aromatic N) is 1.